The third kappa shape index (κ3) is 5.28. The number of ether oxygens (including phenoxy) is 1. The van der Waals surface area contributed by atoms with Gasteiger partial charge in [0.2, 0.25) is 5.91 Å². The van der Waals surface area contributed by atoms with Crippen molar-refractivity contribution >= 4 is 11.6 Å². The number of hydrogen-bond acceptors (Lipinski definition) is 3. The molecule has 4 nitrogen and oxygen atoms in total. The highest BCUT2D eigenvalue weighted by Crippen LogP contribution is 2.14. The second-order valence-electron chi connectivity index (χ2n) is 4.69. The second-order valence-corrected chi connectivity index (χ2v) is 4.69. The number of rotatable bonds is 7. The minimum Gasteiger partial charge on any atom is -0.497 e. The highest BCUT2D eigenvalue weighted by molar-refractivity contribution is 5.90. The number of methoxy groups -OCH3 is 1. The van der Waals surface area contributed by atoms with E-state index in [-0.39, 0.29) is 5.91 Å². The van der Waals surface area contributed by atoms with Gasteiger partial charge >= 0.3 is 0 Å². The molecule has 0 aromatic heterocycles. The topological polar surface area (TPSA) is 50.4 Å². The number of carbonyl (C=O) groups is 1. The molecule has 0 bridgehead atoms. The van der Waals surface area contributed by atoms with Crippen LogP contribution in [0.1, 0.15) is 12.0 Å². The minimum atomic E-state index is 0.000675. The lowest BCUT2D eigenvalue weighted by Gasteiger charge is -2.07. The zero-order valence-corrected chi connectivity index (χ0v) is 12.1. The van der Waals surface area contributed by atoms with Crippen molar-refractivity contribution in [1.29, 1.82) is 0 Å². The highest BCUT2D eigenvalue weighted by atomic mass is 16.5. The predicted octanol–water partition coefficient (Wildman–Crippen LogP) is 2.81. The summed E-state index contributed by atoms with van der Waals surface area (Å²) in [6, 6.07) is 17.4. The summed E-state index contributed by atoms with van der Waals surface area (Å²) in [5.74, 6) is 0.776. The van der Waals surface area contributed by atoms with Crippen LogP contribution >= 0.6 is 0 Å². The molecule has 0 saturated heterocycles. The fourth-order valence-electron chi connectivity index (χ4n) is 1.93. The van der Waals surface area contributed by atoms with Crippen LogP contribution in [0.2, 0.25) is 0 Å². The van der Waals surface area contributed by atoms with Crippen molar-refractivity contribution in [3.05, 3.63) is 60.2 Å². The Bertz CT molecular complexity index is 553. The lowest BCUT2D eigenvalue weighted by molar-refractivity contribution is -0.116. The first-order valence-corrected chi connectivity index (χ1v) is 6.96. The number of anilines is 1. The van der Waals surface area contributed by atoms with Crippen LogP contribution < -0.4 is 15.4 Å². The van der Waals surface area contributed by atoms with Gasteiger partial charge in [-0.3, -0.25) is 4.79 Å². The Morgan fingerprint density at radius 2 is 1.76 bits per heavy atom. The van der Waals surface area contributed by atoms with Gasteiger partial charge in [-0.05, 0) is 29.8 Å². The number of carbonyl (C=O) groups excluding carboxylic acids is 1. The summed E-state index contributed by atoms with van der Waals surface area (Å²) >= 11 is 0. The summed E-state index contributed by atoms with van der Waals surface area (Å²) in [7, 11) is 1.62. The molecule has 1 amide bonds. The van der Waals surface area contributed by atoms with Gasteiger partial charge in [-0.25, -0.2) is 0 Å². The Labute approximate surface area is 125 Å². The molecule has 0 radical (unpaired) electrons. The van der Waals surface area contributed by atoms with Crippen molar-refractivity contribution < 1.29 is 9.53 Å². The molecule has 4 heteroatoms. The molecular weight excluding hydrogens is 264 g/mol. The van der Waals surface area contributed by atoms with Crippen molar-refractivity contribution in [2.24, 2.45) is 0 Å². The van der Waals surface area contributed by atoms with Gasteiger partial charge in [0.25, 0.3) is 0 Å². The summed E-state index contributed by atoms with van der Waals surface area (Å²) in [6.07, 6.45) is 0.443. The first-order valence-electron chi connectivity index (χ1n) is 6.96. The van der Waals surface area contributed by atoms with Gasteiger partial charge in [0.1, 0.15) is 5.75 Å². The average molecular weight is 284 g/mol. The van der Waals surface area contributed by atoms with E-state index < -0.39 is 0 Å². The van der Waals surface area contributed by atoms with E-state index in [1.165, 1.54) is 5.56 Å². The molecule has 0 atom stereocenters. The molecule has 2 aromatic rings. The van der Waals surface area contributed by atoms with Gasteiger partial charge in [0.15, 0.2) is 0 Å². The second kappa shape index (κ2) is 8.07. The van der Waals surface area contributed by atoms with Crippen LogP contribution in [-0.4, -0.2) is 19.6 Å². The van der Waals surface area contributed by atoms with E-state index in [9.17, 15) is 4.79 Å². The molecular formula is C17H20N2O2. The summed E-state index contributed by atoms with van der Waals surface area (Å²) in [5.41, 5.74) is 2.00. The number of amides is 1. The number of nitrogens with one attached hydrogen (secondary N) is 2. The van der Waals surface area contributed by atoms with Crippen molar-refractivity contribution in [3.63, 3.8) is 0 Å². The Morgan fingerprint density at radius 1 is 1.05 bits per heavy atom. The summed E-state index contributed by atoms with van der Waals surface area (Å²) in [4.78, 5) is 11.8. The summed E-state index contributed by atoms with van der Waals surface area (Å²) < 4.78 is 5.07. The van der Waals surface area contributed by atoms with E-state index >= 15 is 0 Å². The van der Waals surface area contributed by atoms with E-state index in [0.29, 0.717) is 13.0 Å². The molecule has 2 N–H and O–H groups in total. The largest absolute Gasteiger partial charge is 0.497 e. The maximum absolute atomic E-state index is 11.8. The Morgan fingerprint density at radius 3 is 2.43 bits per heavy atom. The molecule has 110 valence electrons. The van der Waals surface area contributed by atoms with Crippen molar-refractivity contribution in [2.75, 3.05) is 19.0 Å². The molecule has 0 fully saturated rings. The molecule has 0 saturated carbocycles. The third-order valence-corrected chi connectivity index (χ3v) is 3.07. The molecule has 21 heavy (non-hydrogen) atoms. The van der Waals surface area contributed by atoms with Crippen molar-refractivity contribution in [2.45, 2.75) is 13.0 Å². The smallest absolute Gasteiger partial charge is 0.225 e. The molecule has 2 aromatic carbocycles. The Hall–Kier alpha value is -2.33. The number of benzene rings is 2. The molecule has 0 unspecified atom stereocenters. The maximum atomic E-state index is 11.8. The monoisotopic (exact) mass is 284 g/mol. The fourth-order valence-corrected chi connectivity index (χ4v) is 1.93. The fraction of sp³-hybridized carbons (Fsp3) is 0.235. The van der Waals surface area contributed by atoms with Crippen LogP contribution in [-0.2, 0) is 11.3 Å². The van der Waals surface area contributed by atoms with Crippen molar-refractivity contribution in [1.82, 2.24) is 5.32 Å². The lowest BCUT2D eigenvalue weighted by Crippen LogP contribution is -2.21. The molecule has 0 aliphatic carbocycles. The standard InChI is InChI=1S/C17H20N2O2/c1-21-16-9-7-15(8-10-16)19-17(20)11-12-18-13-14-5-3-2-4-6-14/h2-10,18H,11-13H2,1H3,(H,19,20). The van der Waals surface area contributed by atoms with Gasteiger partial charge in [0, 0.05) is 25.2 Å². The van der Waals surface area contributed by atoms with Crippen LogP contribution in [0.3, 0.4) is 0 Å². The van der Waals surface area contributed by atoms with Gasteiger partial charge < -0.3 is 15.4 Å². The van der Waals surface area contributed by atoms with Crippen LogP contribution in [0, 0.1) is 0 Å². The van der Waals surface area contributed by atoms with Crippen LogP contribution in [0.25, 0.3) is 0 Å². The van der Waals surface area contributed by atoms with Gasteiger partial charge in [-0.2, -0.15) is 0 Å². The first kappa shape index (κ1) is 15.1. The SMILES string of the molecule is COc1ccc(NC(=O)CCNCc2ccccc2)cc1. The van der Waals surface area contributed by atoms with E-state index in [4.69, 9.17) is 4.74 Å². The highest BCUT2D eigenvalue weighted by Gasteiger charge is 2.02. The molecule has 0 heterocycles. The lowest BCUT2D eigenvalue weighted by atomic mass is 10.2. The van der Waals surface area contributed by atoms with Crippen LogP contribution in [0.5, 0.6) is 5.75 Å². The quantitative estimate of drug-likeness (QED) is 0.769. The average Bonchev–Trinajstić information content (AvgIpc) is 2.53. The van der Waals surface area contributed by atoms with E-state index in [0.717, 1.165) is 18.0 Å². The van der Waals surface area contributed by atoms with Gasteiger partial charge in [-0.1, -0.05) is 30.3 Å². The van der Waals surface area contributed by atoms with E-state index in [2.05, 4.69) is 22.8 Å². The minimum absolute atomic E-state index is 0.000675. The van der Waals surface area contributed by atoms with Crippen molar-refractivity contribution in [3.8, 4) is 5.75 Å². The normalized spacial score (nSPS) is 10.1. The zero-order valence-electron chi connectivity index (χ0n) is 12.1. The summed E-state index contributed by atoms with van der Waals surface area (Å²) in [6.45, 7) is 1.42. The maximum Gasteiger partial charge on any atom is 0.225 e. The van der Waals surface area contributed by atoms with Crippen LogP contribution in [0.4, 0.5) is 5.69 Å². The molecule has 0 aliphatic rings. The number of hydrogen-bond donors (Lipinski definition) is 2. The van der Waals surface area contributed by atoms with Gasteiger partial charge in [0.05, 0.1) is 7.11 Å². The first-order chi connectivity index (χ1) is 10.3. The van der Waals surface area contributed by atoms with E-state index in [1.54, 1.807) is 7.11 Å². The summed E-state index contributed by atoms with van der Waals surface area (Å²) in [5, 5.41) is 6.11. The molecule has 0 spiro atoms. The van der Waals surface area contributed by atoms with Gasteiger partial charge in [-0.15, -0.1) is 0 Å². The molecule has 2 rings (SSSR count). The van der Waals surface area contributed by atoms with E-state index in [1.807, 2.05) is 42.5 Å². The molecule has 0 aliphatic heterocycles. The predicted molar refractivity (Wildman–Crippen MR) is 84.4 cm³/mol. The Balaban J connectivity index is 1.67. The Kier molecular flexibility index (Phi) is 5.79. The van der Waals surface area contributed by atoms with Crippen LogP contribution in [0.15, 0.2) is 54.6 Å². The third-order valence-electron chi connectivity index (χ3n) is 3.07. The zero-order chi connectivity index (χ0) is 14.9.